The first kappa shape index (κ1) is 16.5. The van der Waals surface area contributed by atoms with E-state index in [1.807, 2.05) is 12.1 Å². The summed E-state index contributed by atoms with van der Waals surface area (Å²) in [5, 5.41) is 18.2. The van der Waals surface area contributed by atoms with E-state index in [9.17, 15) is 9.90 Å². The molecule has 0 amide bonds. The summed E-state index contributed by atoms with van der Waals surface area (Å²) in [5.74, 6) is 0.478. The molecule has 0 unspecified atom stereocenters. The van der Waals surface area contributed by atoms with Gasteiger partial charge >= 0.3 is 5.97 Å². The van der Waals surface area contributed by atoms with Gasteiger partial charge in [0.25, 0.3) is 0 Å². The average Bonchev–Trinajstić information content (AvgIpc) is 2.63. The van der Waals surface area contributed by atoms with E-state index in [1.54, 1.807) is 19.2 Å². The first-order valence-corrected chi connectivity index (χ1v) is 8.33. The number of rotatable bonds is 4. The van der Waals surface area contributed by atoms with Crippen molar-refractivity contribution in [2.75, 3.05) is 0 Å². The smallest absolute Gasteiger partial charge is 0.310 e. The van der Waals surface area contributed by atoms with Crippen LogP contribution in [0.5, 0.6) is 5.75 Å². The van der Waals surface area contributed by atoms with E-state index in [0.29, 0.717) is 23.8 Å². The van der Waals surface area contributed by atoms with Crippen LogP contribution in [0, 0.1) is 0 Å². The number of hydrogen-bond donors (Lipinski definition) is 1. The lowest BCUT2D eigenvalue weighted by atomic mass is 9.85. The third-order valence-corrected chi connectivity index (χ3v) is 4.33. The molecular weight excluding hydrogens is 306 g/mol. The molecule has 1 aliphatic rings. The number of carbonyl (C=O) groups is 1. The highest BCUT2D eigenvalue weighted by Gasteiger charge is 2.22. The van der Waals surface area contributed by atoms with Crippen molar-refractivity contribution in [2.24, 2.45) is 0 Å². The third-order valence-electron chi connectivity index (χ3n) is 4.33. The molecule has 1 aliphatic carbocycles. The second-order valence-electron chi connectivity index (χ2n) is 6.09. The van der Waals surface area contributed by atoms with E-state index in [2.05, 4.69) is 15.2 Å². The van der Waals surface area contributed by atoms with Gasteiger partial charge in [-0.2, -0.15) is 10.2 Å². The molecule has 24 heavy (non-hydrogen) atoms. The number of carbonyl (C=O) groups excluding carboxylic acids is 1. The van der Waals surface area contributed by atoms with Crippen LogP contribution in [0.4, 0.5) is 0 Å². The van der Waals surface area contributed by atoms with Crippen LogP contribution in [-0.2, 0) is 4.79 Å². The molecule has 0 radical (unpaired) electrons. The fraction of sp³-hybridized carbons (Fsp3) is 0.444. The predicted molar refractivity (Wildman–Crippen MR) is 88.4 cm³/mol. The Bertz CT molecular complexity index is 695. The Hall–Kier alpha value is -2.34. The number of aliphatic hydroxyl groups is 1. The zero-order chi connectivity index (χ0) is 16.9. The molecule has 2 heterocycles. The van der Waals surface area contributed by atoms with Crippen molar-refractivity contribution in [3.8, 4) is 17.0 Å². The minimum atomic E-state index is -0.296. The van der Waals surface area contributed by atoms with Crippen LogP contribution >= 0.6 is 0 Å². The van der Waals surface area contributed by atoms with Gasteiger partial charge in [0.05, 0.1) is 23.7 Å². The number of esters is 1. The van der Waals surface area contributed by atoms with Gasteiger partial charge < -0.3 is 9.84 Å². The van der Waals surface area contributed by atoms with E-state index >= 15 is 0 Å². The Morgan fingerprint density at radius 3 is 2.67 bits per heavy atom. The maximum absolute atomic E-state index is 11.4. The second-order valence-corrected chi connectivity index (χ2v) is 6.09. The molecule has 6 nitrogen and oxygen atoms in total. The van der Waals surface area contributed by atoms with Crippen molar-refractivity contribution >= 4 is 5.97 Å². The molecule has 1 saturated carbocycles. The van der Waals surface area contributed by atoms with Gasteiger partial charge in [0.15, 0.2) is 0 Å². The molecule has 0 aromatic carbocycles. The van der Waals surface area contributed by atoms with E-state index in [1.165, 1.54) is 6.20 Å². The summed E-state index contributed by atoms with van der Waals surface area (Å²) in [6.45, 7) is 1.74. The van der Waals surface area contributed by atoms with Crippen LogP contribution in [0.2, 0.25) is 0 Å². The van der Waals surface area contributed by atoms with Gasteiger partial charge in [0.1, 0.15) is 5.75 Å². The SMILES string of the molecule is CCC(=O)Oc1cncc(-c2ccc(C3CCC(O)CC3)nn2)c1. The monoisotopic (exact) mass is 327 g/mol. The van der Waals surface area contributed by atoms with Gasteiger partial charge in [-0.15, -0.1) is 0 Å². The van der Waals surface area contributed by atoms with Crippen molar-refractivity contribution in [3.05, 3.63) is 36.3 Å². The largest absolute Gasteiger partial charge is 0.425 e. The van der Waals surface area contributed by atoms with Gasteiger partial charge in [-0.05, 0) is 43.9 Å². The number of nitrogens with zero attached hydrogens (tertiary/aromatic N) is 3. The van der Waals surface area contributed by atoms with Crippen LogP contribution < -0.4 is 4.74 Å². The molecule has 0 spiro atoms. The Kier molecular flexibility index (Phi) is 5.15. The van der Waals surface area contributed by atoms with Crippen LogP contribution in [0.25, 0.3) is 11.3 Å². The maximum atomic E-state index is 11.4. The topological polar surface area (TPSA) is 85.2 Å². The van der Waals surface area contributed by atoms with Crippen LogP contribution in [0.3, 0.4) is 0 Å². The molecule has 6 heteroatoms. The first-order chi connectivity index (χ1) is 11.7. The van der Waals surface area contributed by atoms with E-state index in [0.717, 1.165) is 36.9 Å². The minimum absolute atomic E-state index is 0.173. The number of aliphatic hydroxyl groups excluding tert-OH is 1. The average molecular weight is 327 g/mol. The summed E-state index contributed by atoms with van der Waals surface area (Å²) in [5.41, 5.74) is 2.41. The van der Waals surface area contributed by atoms with Crippen molar-refractivity contribution in [1.82, 2.24) is 15.2 Å². The summed E-state index contributed by atoms with van der Waals surface area (Å²) >= 11 is 0. The highest BCUT2D eigenvalue weighted by Crippen LogP contribution is 2.32. The van der Waals surface area contributed by atoms with Gasteiger partial charge in [-0.25, -0.2) is 0 Å². The summed E-state index contributed by atoms with van der Waals surface area (Å²) in [6.07, 6.45) is 6.85. The number of aromatic nitrogens is 3. The van der Waals surface area contributed by atoms with E-state index < -0.39 is 0 Å². The second kappa shape index (κ2) is 7.49. The summed E-state index contributed by atoms with van der Waals surface area (Å²) < 4.78 is 5.18. The minimum Gasteiger partial charge on any atom is -0.425 e. The summed E-state index contributed by atoms with van der Waals surface area (Å²) in [4.78, 5) is 15.5. The van der Waals surface area contributed by atoms with Crippen molar-refractivity contribution in [2.45, 2.75) is 51.0 Å². The van der Waals surface area contributed by atoms with Crippen molar-refractivity contribution in [1.29, 1.82) is 0 Å². The lowest BCUT2D eigenvalue weighted by Gasteiger charge is -2.24. The first-order valence-electron chi connectivity index (χ1n) is 8.33. The van der Waals surface area contributed by atoms with Crippen LogP contribution in [0.1, 0.15) is 50.6 Å². The molecule has 3 rings (SSSR count). The molecule has 126 valence electrons. The Morgan fingerprint density at radius 2 is 2.00 bits per heavy atom. The van der Waals surface area contributed by atoms with E-state index in [4.69, 9.17) is 4.74 Å². The van der Waals surface area contributed by atoms with Crippen molar-refractivity contribution in [3.63, 3.8) is 0 Å². The van der Waals surface area contributed by atoms with Gasteiger partial charge in [0.2, 0.25) is 0 Å². The quantitative estimate of drug-likeness (QED) is 0.869. The molecule has 2 aromatic rings. The number of pyridine rings is 1. The highest BCUT2D eigenvalue weighted by molar-refractivity contribution is 5.72. The van der Waals surface area contributed by atoms with Crippen molar-refractivity contribution < 1.29 is 14.6 Å². The molecular formula is C18H21N3O3. The predicted octanol–water partition coefficient (Wildman–Crippen LogP) is 2.87. The number of ether oxygens (including phenoxy) is 1. The molecule has 2 aromatic heterocycles. The lowest BCUT2D eigenvalue weighted by molar-refractivity contribution is -0.134. The molecule has 0 atom stereocenters. The maximum Gasteiger partial charge on any atom is 0.310 e. The Morgan fingerprint density at radius 1 is 1.21 bits per heavy atom. The number of hydrogen-bond acceptors (Lipinski definition) is 6. The van der Waals surface area contributed by atoms with Gasteiger partial charge in [-0.1, -0.05) is 6.92 Å². The summed E-state index contributed by atoms with van der Waals surface area (Å²) in [7, 11) is 0. The molecule has 0 aliphatic heterocycles. The van der Waals surface area contributed by atoms with E-state index in [-0.39, 0.29) is 12.1 Å². The zero-order valence-electron chi connectivity index (χ0n) is 13.7. The highest BCUT2D eigenvalue weighted by atomic mass is 16.5. The Balaban J connectivity index is 1.73. The third kappa shape index (κ3) is 3.94. The van der Waals surface area contributed by atoms with Crippen LogP contribution in [-0.4, -0.2) is 32.4 Å². The molecule has 0 bridgehead atoms. The fourth-order valence-corrected chi connectivity index (χ4v) is 2.90. The van der Waals surface area contributed by atoms with Crippen LogP contribution in [0.15, 0.2) is 30.6 Å². The normalized spacial score (nSPS) is 20.6. The molecule has 0 saturated heterocycles. The molecule has 1 N–H and O–H groups in total. The van der Waals surface area contributed by atoms with Gasteiger partial charge in [-0.3, -0.25) is 9.78 Å². The fourth-order valence-electron chi connectivity index (χ4n) is 2.90. The Labute approximate surface area is 140 Å². The lowest BCUT2D eigenvalue weighted by Crippen LogP contribution is -2.17. The summed E-state index contributed by atoms with van der Waals surface area (Å²) in [6, 6.07) is 5.63. The standard InChI is InChI=1S/C18H21N3O3/c1-2-18(23)24-15-9-13(10-19-11-15)17-8-7-16(20-21-17)12-3-5-14(22)6-4-12/h7-12,14,22H,2-6H2,1H3. The zero-order valence-corrected chi connectivity index (χ0v) is 13.7. The molecule has 1 fully saturated rings. The van der Waals surface area contributed by atoms with Gasteiger partial charge in [0, 0.05) is 24.1 Å².